The molecule has 1 aromatic heterocycles. The average Bonchev–Trinajstić information content (AvgIpc) is 3.23. The van der Waals surface area contributed by atoms with E-state index in [2.05, 4.69) is 15.9 Å². The Morgan fingerprint density at radius 2 is 1.88 bits per heavy atom. The molecule has 0 amide bonds. The molecule has 1 N–H and O–H groups in total. The van der Waals surface area contributed by atoms with Crippen molar-refractivity contribution in [2.75, 3.05) is 13.7 Å². The molecular weight excluding hydrogens is 503 g/mol. The Bertz CT molecular complexity index is 1350. The number of carboxylic acids is 1. The number of aliphatic carboxylic acids is 1. The zero-order valence-corrected chi connectivity index (χ0v) is 20.2. The Morgan fingerprint density at radius 3 is 2.62 bits per heavy atom. The third-order valence-corrected chi connectivity index (χ3v) is 6.16. The summed E-state index contributed by atoms with van der Waals surface area (Å²) in [6.07, 6.45) is 0. The van der Waals surface area contributed by atoms with Crippen LogP contribution in [0.15, 0.2) is 71.2 Å². The minimum atomic E-state index is -1.08. The van der Waals surface area contributed by atoms with Gasteiger partial charge >= 0.3 is 5.97 Å². The molecule has 0 saturated heterocycles. The summed E-state index contributed by atoms with van der Waals surface area (Å²) in [5, 5.41) is 13.9. The van der Waals surface area contributed by atoms with Crippen molar-refractivity contribution in [2.24, 2.45) is 0 Å². The maximum Gasteiger partial charge on any atom is 0.341 e. The van der Waals surface area contributed by atoms with Crippen molar-refractivity contribution in [1.82, 2.24) is 9.78 Å². The van der Waals surface area contributed by atoms with Crippen LogP contribution in [0.2, 0.25) is 0 Å². The van der Waals surface area contributed by atoms with E-state index < -0.39 is 12.6 Å². The van der Waals surface area contributed by atoms with Gasteiger partial charge in [-0.2, -0.15) is 5.10 Å². The van der Waals surface area contributed by atoms with Gasteiger partial charge in [-0.3, -0.25) is 4.68 Å². The van der Waals surface area contributed by atoms with Crippen LogP contribution in [0.5, 0.6) is 11.5 Å². The van der Waals surface area contributed by atoms with Crippen LogP contribution in [0.3, 0.4) is 0 Å². The van der Waals surface area contributed by atoms with Gasteiger partial charge in [0.05, 0.1) is 25.0 Å². The maximum atomic E-state index is 14.1. The minimum Gasteiger partial charge on any atom is -0.496 e. The molecular formula is C26H22BrFN2O4. The van der Waals surface area contributed by atoms with Crippen molar-refractivity contribution < 1.29 is 23.8 Å². The summed E-state index contributed by atoms with van der Waals surface area (Å²) in [7, 11) is 1.61. The van der Waals surface area contributed by atoms with Crippen LogP contribution in [0.25, 0.3) is 22.5 Å². The van der Waals surface area contributed by atoms with Crippen molar-refractivity contribution in [2.45, 2.75) is 13.5 Å². The largest absolute Gasteiger partial charge is 0.496 e. The quantitative estimate of drug-likeness (QED) is 0.308. The summed E-state index contributed by atoms with van der Waals surface area (Å²) in [4.78, 5) is 11.1. The molecule has 0 radical (unpaired) electrons. The molecule has 4 rings (SSSR count). The van der Waals surface area contributed by atoms with Gasteiger partial charge < -0.3 is 14.6 Å². The lowest BCUT2D eigenvalue weighted by Gasteiger charge is -2.12. The Balaban J connectivity index is 1.86. The first-order valence-electron chi connectivity index (χ1n) is 10.5. The highest BCUT2D eigenvalue weighted by Gasteiger charge is 2.18. The van der Waals surface area contributed by atoms with E-state index in [-0.39, 0.29) is 5.82 Å². The van der Waals surface area contributed by atoms with Gasteiger partial charge in [0.1, 0.15) is 17.3 Å². The first-order valence-corrected chi connectivity index (χ1v) is 11.3. The number of rotatable bonds is 8. The lowest BCUT2D eigenvalue weighted by atomic mass is 10.1. The van der Waals surface area contributed by atoms with Crippen LogP contribution in [-0.2, 0) is 11.3 Å². The van der Waals surface area contributed by atoms with Gasteiger partial charge in [-0.1, -0.05) is 46.3 Å². The molecule has 0 aliphatic carbocycles. The van der Waals surface area contributed by atoms with Crippen molar-refractivity contribution in [3.05, 3.63) is 88.1 Å². The molecule has 0 aliphatic rings. The molecule has 0 saturated carbocycles. The molecule has 0 unspecified atom stereocenters. The van der Waals surface area contributed by atoms with E-state index in [4.69, 9.17) is 19.7 Å². The van der Waals surface area contributed by atoms with Crippen LogP contribution in [0.1, 0.15) is 11.1 Å². The van der Waals surface area contributed by atoms with Crippen LogP contribution >= 0.6 is 15.9 Å². The van der Waals surface area contributed by atoms with Crippen molar-refractivity contribution in [3.63, 3.8) is 0 Å². The van der Waals surface area contributed by atoms with Crippen LogP contribution in [0, 0.1) is 12.7 Å². The fourth-order valence-electron chi connectivity index (χ4n) is 3.66. The lowest BCUT2D eigenvalue weighted by molar-refractivity contribution is -0.139. The third kappa shape index (κ3) is 5.12. The number of para-hydroxylation sites is 1. The zero-order valence-electron chi connectivity index (χ0n) is 18.6. The minimum absolute atomic E-state index is 0.354. The van der Waals surface area contributed by atoms with Gasteiger partial charge in [0.15, 0.2) is 6.61 Å². The second kappa shape index (κ2) is 10.1. The Labute approximate surface area is 204 Å². The second-order valence-corrected chi connectivity index (χ2v) is 8.53. The smallest absolute Gasteiger partial charge is 0.341 e. The van der Waals surface area contributed by atoms with Crippen molar-refractivity contribution in [1.29, 1.82) is 0 Å². The monoisotopic (exact) mass is 524 g/mol. The van der Waals surface area contributed by atoms with E-state index in [1.807, 2.05) is 49.4 Å². The van der Waals surface area contributed by atoms with Gasteiger partial charge in [0.25, 0.3) is 0 Å². The van der Waals surface area contributed by atoms with Gasteiger partial charge in [0, 0.05) is 21.2 Å². The number of halogens is 2. The molecule has 1 heterocycles. The van der Waals surface area contributed by atoms with E-state index in [0.717, 1.165) is 15.6 Å². The zero-order chi connectivity index (χ0) is 24.2. The van der Waals surface area contributed by atoms with Gasteiger partial charge in [-0.05, 0) is 48.9 Å². The molecule has 174 valence electrons. The van der Waals surface area contributed by atoms with Crippen molar-refractivity contribution in [3.8, 4) is 34.0 Å². The second-order valence-electron chi connectivity index (χ2n) is 7.67. The number of carboxylic acid groups (broad SMARTS) is 1. The number of benzene rings is 3. The average molecular weight is 525 g/mol. The summed E-state index contributed by atoms with van der Waals surface area (Å²) in [6.45, 7) is 1.79. The molecule has 6 nitrogen and oxygen atoms in total. The Hall–Kier alpha value is -3.65. The Kier molecular flexibility index (Phi) is 6.98. The van der Waals surface area contributed by atoms with Gasteiger partial charge in [-0.15, -0.1) is 0 Å². The van der Waals surface area contributed by atoms with E-state index >= 15 is 0 Å². The number of carbonyl (C=O) groups is 1. The first kappa shape index (κ1) is 23.5. The predicted molar refractivity (Wildman–Crippen MR) is 131 cm³/mol. The number of hydrogen-bond donors (Lipinski definition) is 1. The lowest BCUT2D eigenvalue weighted by Crippen LogP contribution is -2.10. The highest BCUT2D eigenvalue weighted by atomic mass is 79.9. The highest BCUT2D eigenvalue weighted by Crippen LogP contribution is 2.37. The SMILES string of the molecule is COc1ccccc1Cn1nc(-c2cc(Br)c(C)cc2OCC(=O)O)cc1-c1cccc(F)c1. The number of aromatic nitrogens is 2. The van der Waals surface area contributed by atoms with Gasteiger partial charge in [-0.25, -0.2) is 9.18 Å². The molecule has 34 heavy (non-hydrogen) atoms. The maximum absolute atomic E-state index is 14.1. The molecule has 0 bridgehead atoms. The topological polar surface area (TPSA) is 73.6 Å². The summed E-state index contributed by atoms with van der Waals surface area (Å²) in [6, 6.07) is 19.4. The fraction of sp³-hybridized carbons (Fsp3) is 0.154. The molecule has 0 spiro atoms. The first-order chi connectivity index (χ1) is 16.4. The van der Waals surface area contributed by atoms with E-state index in [9.17, 15) is 9.18 Å². The number of nitrogens with zero attached hydrogens (tertiary/aromatic N) is 2. The highest BCUT2D eigenvalue weighted by molar-refractivity contribution is 9.10. The number of hydrogen-bond acceptors (Lipinski definition) is 4. The van der Waals surface area contributed by atoms with E-state index in [0.29, 0.717) is 40.6 Å². The predicted octanol–water partition coefficient (Wildman–Crippen LogP) is 5.95. The molecule has 3 aromatic carbocycles. The normalized spacial score (nSPS) is 10.8. The van der Waals surface area contributed by atoms with E-state index in [1.165, 1.54) is 12.1 Å². The van der Waals surface area contributed by atoms with Crippen LogP contribution in [0.4, 0.5) is 4.39 Å². The summed E-state index contributed by atoms with van der Waals surface area (Å²) >= 11 is 3.54. The van der Waals surface area contributed by atoms with Crippen LogP contribution in [-0.4, -0.2) is 34.6 Å². The number of ether oxygens (including phenoxy) is 2. The van der Waals surface area contributed by atoms with Crippen LogP contribution < -0.4 is 9.47 Å². The van der Waals surface area contributed by atoms with Gasteiger partial charge in [0.2, 0.25) is 0 Å². The summed E-state index contributed by atoms with van der Waals surface area (Å²) in [5.74, 6) is -0.314. The molecule has 8 heteroatoms. The molecule has 0 atom stereocenters. The summed E-state index contributed by atoms with van der Waals surface area (Å²) in [5.41, 5.74) is 4.34. The third-order valence-electron chi connectivity index (χ3n) is 5.30. The van der Waals surface area contributed by atoms with E-state index in [1.54, 1.807) is 23.9 Å². The number of methoxy groups -OCH3 is 1. The molecule has 0 fully saturated rings. The number of aryl methyl sites for hydroxylation is 1. The molecule has 4 aromatic rings. The summed E-state index contributed by atoms with van der Waals surface area (Å²) < 4.78 is 27.7. The standard InChI is InChI=1S/C26H22BrFN2O4/c1-16-10-25(34-15-26(31)32)20(12-21(16)27)22-13-23(17-7-5-8-19(28)11-17)30(29-22)14-18-6-3-4-9-24(18)33-2/h3-13H,14-15H2,1-2H3,(H,31,32). The fourth-order valence-corrected chi connectivity index (χ4v) is 4.00. The molecule has 0 aliphatic heterocycles. The van der Waals surface area contributed by atoms with Crippen molar-refractivity contribution >= 4 is 21.9 Å². The Morgan fingerprint density at radius 1 is 1.09 bits per heavy atom.